The molecule has 0 unspecified atom stereocenters. The minimum atomic E-state index is 0.698. The summed E-state index contributed by atoms with van der Waals surface area (Å²) in [6.07, 6.45) is 5.83. The highest BCUT2D eigenvalue weighted by molar-refractivity contribution is 6.31. The quantitative estimate of drug-likeness (QED) is 0.472. The molecular formula is C23H22ClN7. The third-order valence-electron chi connectivity index (χ3n) is 6.11. The molecule has 7 nitrogen and oxygen atoms in total. The Kier molecular flexibility index (Phi) is 4.31. The Balaban J connectivity index is 1.38. The van der Waals surface area contributed by atoms with Gasteiger partial charge in [0.25, 0.3) is 0 Å². The van der Waals surface area contributed by atoms with Crippen molar-refractivity contribution >= 4 is 39.8 Å². The molecule has 0 N–H and O–H groups in total. The van der Waals surface area contributed by atoms with E-state index in [1.165, 1.54) is 11.3 Å². The number of halogens is 1. The van der Waals surface area contributed by atoms with Crippen LogP contribution in [0.5, 0.6) is 0 Å². The van der Waals surface area contributed by atoms with Crippen molar-refractivity contribution in [3.63, 3.8) is 0 Å². The predicted molar refractivity (Wildman–Crippen MR) is 122 cm³/mol. The summed E-state index contributed by atoms with van der Waals surface area (Å²) in [7, 11) is 0. The average Bonchev–Trinajstić information content (AvgIpc) is 3.27. The standard InChI is InChI=1S/C23H22ClN7/c1-15-27-21-4-3-17(24)12-19(21)23(28-15)29-10-6-20-16(14-29)11-18(13-25-20)30-8-2-9-31-22(30)5-7-26-31/h3-5,7,11-13H,2,6,8-10,14H2,1H3. The lowest BCUT2D eigenvalue weighted by molar-refractivity contribution is 0.541. The van der Waals surface area contributed by atoms with Crippen LogP contribution in [0.1, 0.15) is 23.5 Å². The van der Waals surface area contributed by atoms with Crippen molar-refractivity contribution in [1.29, 1.82) is 0 Å². The first-order valence-corrected chi connectivity index (χ1v) is 11.0. The van der Waals surface area contributed by atoms with E-state index >= 15 is 0 Å². The van der Waals surface area contributed by atoms with E-state index in [4.69, 9.17) is 21.6 Å². The molecule has 2 aliphatic heterocycles. The number of benzene rings is 1. The summed E-state index contributed by atoms with van der Waals surface area (Å²) < 4.78 is 2.06. The van der Waals surface area contributed by atoms with Gasteiger partial charge in [-0.25, -0.2) is 14.6 Å². The Hall–Kier alpha value is -3.19. The van der Waals surface area contributed by atoms with Gasteiger partial charge in [-0.1, -0.05) is 11.6 Å². The molecule has 0 amide bonds. The van der Waals surface area contributed by atoms with Gasteiger partial charge in [0.2, 0.25) is 0 Å². The zero-order valence-electron chi connectivity index (χ0n) is 17.3. The van der Waals surface area contributed by atoms with Crippen LogP contribution in [0.3, 0.4) is 0 Å². The van der Waals surface area contributed by atoms with E-state index in [0.29, 0.717) is 5.02 Å². The van der Waals surface area contributed by atoms with Crippen LogP contribution < -0.4 is 9.80 Å². The number of aromatic nitrogens is 5. The maximum absolute atomic E-state index is 6.29. The van der Waals surface area contributed by atoms with Gasteiger partial charge in [-0.2, -0.15) is 5.10 Å². The molecule has 31 heavy (non-hydrogen) atoms. The summed E-state index contributed by atoms with van der Waals surface area (Å²) in [4.78, 5) is 18.8. The molecule has 1 aromatic carbocycles. The van der Waals surface area contributed by atoms with Crippen molar-refractivity contribution in [2.75, 3.05) is 22.9 Å². The van der Waals surface area contributed by atoms with E-state index in [2.05, 4.69) is 36.7 Å². The first-order valence-electron chi connectivity index (χ1n) is 10.6. The number of nitrogens with zero attached hydrogens (tertiary/aromatic N) is 7. The van der Waals surface area contributed by atoms with E-state index in [1.807, 2.05) is 37.5 Å². The van der Waals surface area contributed by atoms with Crippen molar-refractivity contribution in [2.45, 2.75) is 32.9 Å². The lowest BCUT2D eigenvalue weighted by atomic mass is 10.0. The zero-order chi connectivity index (χ0) is 20.9. The fourth-order valence-electron chi connectivity index (χ4n) is 4.66. The minimum Gasteiger partial charge on any atom is -0.351 e. The molecule has 0 saturated carbocycles. The normalized spacial score (nSPS) is 15.8. The highest BCUT2D eigenvalue weighted by Crippen LogP contribution is 2.33. The summed E-state index contributed by atoms with van der Waals surface area (Å²) in [6.45, 7) is 5.52. The number of fused-ring (bicyclic) bond motifs is 3. The first-order chi connectivity index (χ1) is 15.2. The van der Waals surface area contributed by atoms with Crippen molar-refractivity contribution in [2.24, 2.45) is 0 Å². The van der Waals surface area contributed by atoms with E-state index in [0.717, 1.165) is 73.1 Å². The molecule has 0 atom stereocenters. The number of anilines is 3. The van der Waals surface area contributed by atoms with Gasteiger partial charge in [-0.3, -0.25) is 4.98 Å². The minimum absolute atomic E-state index is 0.698. The zero-order valence-corrected chi connectivity index (χ0v) is 18.0. The van der Waals surface area contributed by atoms with Gasteiger partial charge in [-0.15, -0.1) is 0 Å². The molecule has 0 radical (unpaired) electrons. The highest BCUT2D eigenvalue weighted by atomic mass is 35.5. The van der Waals surface area contributed by atoms with Crippen LogP contribution in [-0.2, 0) is 19.5 Å². The molecule has 0 fully saturated rings. The lowest BCUT2D eigenvalue weighted by Gasteiger charge is -2.33. The SMILES string of the molecule is Cc1nc(N2CCc3ncc(N4CCCn5nccc54)cc3C2)c2cc(Cl)ccc2n1. The summed E-state index contributed by atoms with van der Waals surface area (Å²) in [5, 5.41) is 6.13. The summed E-state index contributed by atoms with van der Waals surface area (Å²) in [5.41, 5.74) is 4.45. The Labute approximate surface area is 185 Å². The number of hydrogen-bond acceptors (Lipinski definition) is 6. The van der Waals surface area contributed by atoms with Gasteiger partial charge in [0.15, 0.2) is 0 Å². The van der Waals surface area contributed by atoms with Crippen molar-refractivity contribution in [3.05, 3.63) is 64.8 Å². The molecule has 156 valence electrons. The second kappa shape index (κ2) is 7.20. The molecule has 8 heteroatoms. The highest BCUT2D eigenvalue weighted by Gasteiger charge is 2.24. The van der Waals surface area contributed by atoms with Gasteiger partial charge < -0.3 is 9.80 Å². The molecule has 3 aromatic heterocycles. The number of pyridine rings is 1. The number of rotatable bonds is 2. The average molecular weight is 432 g/mol. The van der Waals surface area contributed by atoms with Crippen LogP contribution in [-0.4, -0.2) is 37.8 Å². The van der Waals surface area contributed by atoms with E-state index in [1.54, 1.807) is 0 Å². The first kappa shape index (κ1) is 18.6. The van der Waals surface area contributed by atoms with Crippen LogP contribution in [0.15, 0.2) is 42.7 Å². The molecule has 2 aliphatic rings. The van der Waals surface area contributed by atoms with Crippen LogP contribution >= 0.6 is 11.6 Å². The third-order valence-corrected chi connectivity index (χ3v) is 6.34. The maximum atomic E-state index is 6.29. The Morgan fingerprint density at radius 2 is 1.97 bits per heavy atom. The van der Waals surface area contributed by atoms with Crippen molar-refractivity contribution in [3.8, 4) is 0 Å². The van der Waals surface area contributed by atoms with Crippen LogP contribution in [0.2, 0.25) is 5.02 Å². The van der Waals surface area contributed by atoms with E-state index in [-0.39, 0.29) is 0 Å². The third kappa shape index (κ3) is 3.20. The molecule has 0 aliphatic carbocycles. The van der Waals surface area contributed by atoms with Gasteiger partial charge in [0, 0.05) is 54.8 Å². The van der Waals surface area contributed by atoms with Crippen molar-refractivity contribution in [1.82, 2.24) is 24.7 Å². The number of hydrogen-bond donors (Lipinski definition) is 0. The molecule has 0 spiro atoms. The van der Waals surface area contributed by atoms with Gasteiger partial charge in [0.1, 0.15) is 17.5 Å². The van der Waals surface area contributed by atoms with Gasteiger partial charge >= 0.3 is 0 Å². The molecule has 0 saturated heterocycles. The second-order valence-electron chi connectivity index (χ2n) is 8.14. The lowest BCUT2D eigenvalue weighted by Crippen LogP contribution is -2.33. The predicted octanol–water partition coefficient (Wildman–Crippen LogP) is 4.29. The van der Waals surface area contributed by atoms with Crippen LogP contribution in [0.25, 0.3) is 10.9 Å². The van der Waals surface area contributed by atoms with Crippen LogP contribution in [0, 0.1) is 6.92 Å². The topological polar surface area (TPSA) is 63.0 Å². The summed E-state index contributed by atoms with van der Waals surface area (Å²) in [5.74, 6) is 2.84. The summed E-state index contributed by atoms with van der Waals surface area (Å²) >= 11 is 6.29. The van der Waals surface area contributed by atoms with Gasteiger partial charge in [-0.05, 0) is 43.2 Å². The Bertz CT molecular complexity index is 1300. The van der Waals surface area contributed by atoms with Gasteiger partial charge in [0.05, 0.1) is 23.6 Å². The monoisotopic (exact) mass is 431 g/mol. The van der Waals surface area contributed by atoms with E-state index < -0.39 is 0 Å². The molecule has 5 heterocycles. The Morgan fingerprint density at radius 1 is 1.03 bits per heavy atom. The molecule has 6 rings (SSSR count). The van der Waals surface area contributed by atoms with E-state index in [9.17, 15) is 0 Å². The fourth-order valence-corrected chi connectivity index (χ4v) is 4.83. The Morgan fingerprint density at radius 3 is 2.90 bits per heavy atom. The smallest absolute Gasteiger partial charge is 0.140 e. The second-order valence-corrected chi connectivity index (χ2v) is 8.58. The fraction of sp³-hybridized carbons (Fsp3) is 0.304. The number of aryl methyl sites for hydroxylation is 2. The summed E-state index contributed by atoms with van der Waals surface area (Å²) in [6, 6.07) is 10.2. The van der Waals surface area contributed by atoms with Crippen molar-refractivity contribution < 1.29 is 0 Å². The maximum Gasteiger partial charge on any atom is 0.140 e. The molecular weight excluding hydrogens is 410 g/mol. The molecule has 0 bridgehead atoms. The molecule has 4 aromatic rings. The van der Waals surface area contributed by atoms with Crippen LogP contribution in [0.4, 0.5) is 17.3 Å². The largest absolute Gasteiger partial charge is 0.351 e.